The van der Waals surface area contributed by atoms with Crippen LogP contribution in [0.4, 0.5) is 0 Å². The smallest absolute Gasteiger partial charge is 0.242 e. The van der Waals surface area contributed by atoms with Gasteiger partial charge in [0.25, 0.3) is 0 Å². The molecule has 2 aromatic carbocycles. The summed E-state index contributed by atoms with van der Waals surface area (Å²) in [6.07, 6.45) is 2.13. The first-order valence-corrected chi connectivity index (χ1v) is 12.1. The molecule has 1 N–H and O–H groups in total. The highest BCUT2D eigenvalue weighted by Gasteiger charge is 2.54. The summed E-state index contributed by atoms with van der Waals surface area (Å²) in [5, 5.41) is 10.0. The predicted molar refractivity (Wildman–Crippen MR) is 128 cm³/mol. The number of fused-ring (bicyclic) bond motifs is 1. The largest absolute Gasteiger partial charge is 0.394 e. The van der Waals surface area contributed by atoms with Gasteiger partial charge in [-0.05, 0) is 36.1 Å². The number of amides is 2. The zero-order chi connectivity index (χ0) is 23.5. The second-order valence-corrected chi connectivity index (χ2v) is 9.34. The van der Waals surface area contributed by atoms with Gasteiger partial charge in [0.1, 0.15) is 0 Å². The van der Waals surface area contributed by atoms with Crippen LogP contribution in [0.5, 0.6) is 0 Å². The predicted octanol–water partition coefficient (Wildman–Crippen LogP) is 2.20. The Kier molecular flexibility index (Phi) is 6.66. The summed E-state index contributed by atoms with van der Waals surface area (Å²) in [6.45, 7) is 1.74. The quantitative estimate of drug-likeness (QED) is 0.714. The van der Waals surface area contributed by atoms with Crippen molar-refractivity contribution in [3.63, 3.8) is 0 Å². The number of piperazine rings is 1. The third-order valence-corrected chi connectivity index (χ3v) is 7.30. The third-order valence-electron chi connectivity index (χ3n) is 7.30. The SMILES string of the molecule is O=C(C1CCOCC1)N1CC(=O)N2[C@H](CO)[C@H](c3ccc(C#CCc4ccccc4)cc3)[C@@H]2C1. The van der Waals surface area contributed by atoms with Gasteiger partial charge in [-0.15, -0.1) is 0 Å². The van der Waals surface area contributed by atoms with Crippen LogP contribution < -0.4 is 0 Å². The molecule has 0 saturated carbocycles. The van der Waals surface area contributed by atoms with Crippen LogP contribution in [0.2, 0.25) is 0 Å². The summed E-state index contributed by atoms with van der Waals surface area (Å²) in [6, 6.07) is 17.9. The van der Waals surface area contributed by atoms with Crippen LogP contribution in [0.15, 0.2) is 54.6 Å². The van der Waals surface area contributed by atoms with Crippen LogP contribution in [0.1, 0.15) is 35.4 Å². The zero-order valence-corrected chi connectivity index (χ0v) is 19.2. The number of aliphatic hydroxyl groups is 1. The number of hydrogen-bond donors (Lipinski definition) is 1. The lowest BCUT2D eigenvalue weighted by Gasteiger charge is -2.59. The van der Waals surface area contributed by atoms with Gasteiger partial charge >= 0.3 is 0 Å². The fraction of sp³-hybridized carbons (Fsp3) is 0.429. The van der Waals surface area contributed by atoms with Gasteiger partial charge in [-0.3, -0.25) is 9.59 Å². The number of carbonyl (C=O) groups is 2. The maximum atomic E-state index is 13.1. The van der Waals surface area contributed by atoms with E-state index < -0.39 is 0 Å². The molecule has 3 aliphatic heterocycles. The third kappa shape index (κ3) is 4.46. The van der Waals surface area contributed by atoms with Gasteiger partial charge in [0, 0.05) is 43.6 Å². The average molecular weight is 459 g/mol. The highest BCUT2D eigenvalue weighted by atomic mass is 16.5. The number of aliphatic hydroxyl groups excluding tert-OH is 1. The molecule has 6 nitrogen and oxygen atoms in total. The molecule has 3 heterocycles. The van der Waals surface area contributed by atoms with E-state index in [0.29, 0.717) is 39.0 Å². The number of benzene rings is 2. The van der Waals surface area contributed by atoms with Crippen molar-refractivity contribution in [2.45, 2.75) is 37.3 Å². The molecule has 3 fully saturated rings. The van der Waals surface area contributed by atoms with Gasteiger partial charge < -0.3 is 19.6 Å². The Labute approximate surface area is 200 Å². The van der Waals surface area contributed by atoms with Gasteiger partial charge in [-0.25, -0.2) is 0 Å². The Hall–Kier alpha value is -3.14. The molecule has 3 atom stereocenters. The summed E-state index contributed by atoms with van der Waals surface area (Å²) in [5.41, 5.74) is 3.20. The van der Waals surface area contributed by atoms with Crippen LogP contribution >= 0.6 is 0 Å². The minimum atomic E-state index is -0.243. The molecule has 2 amide bonds. The van der Waals surface area contributed by atoms with Gasteiger partial charge in [-0.2, -0.15) is 0 Å². The molecule has 5 rings (SSSR count). The Morgan fingerprint density at radius 1 is 1.06 bits per heavy atom. The highest BCUT2D eigenvalue weighted by Crippen LogP contribution is 2.43. The van der Waals surface area contributed by atoms with E-state index in [1.807, 2.05) is 42.5 Å². The van der Waals surface area contributed by atoms with E-state index in [4.69, 9.17) is 4.74 Å². The fourth-order valence-corrected chi connectivity index (χ4v) is 5.50. The average Bonchev–Trinajstić information content (AvgIpc) is 2.87. The van der Waals surface area contributed by atoms with E-state index in [2.05, 4.69) is 24.0 Å². The highest BCUT2D eigenvalue weighted by molar-refractivity contribution is 5.88. The van der Waals surface area contributed by atoms with Crippen molar-refractivity contribution in [3.8, 4) is 11.8 Å². The number of rotatable bonds is 4. The number of nitrogens with zero attached hydrogens (tertiary/aromatic N) is 2. The first-order valence-electron chi connectivity index (χ1n) is 12.1. The summed E-state index contributed by atoms with van der Waals surface area (Å²) < 4.78 is 5.38. The Balaban J connectivity index is 1.28. The number of hydrogen-bond acceptors (Lipinski definition) is 4. The maximum absolute atomic E-state index is 13.1. The molecular formula is C28H30N2O4. The Morgan fingerprint density at radius 3 is 2.50 bits per heavy atom. The Bertz CT molecular complexity index is 1080. The van der Waals surface area contributed by atoms with E-state index in [1.165, 1.54) is 5.56 Å². The van der Waals surface area contributed by atoms with E-state index >= 15 is 0 Å². The molecule has 34 heavy (non-hydrogen) atoms. The topological polar surface area (TPSA) is 70.1 Å². The molecule has 2 aromatic rings. The summed E-state index contributed by atoms with van der Waals surface area (Å²) in [4.78, 5) is 29.4. The fourth-order valence-electron chi connectivity index (χ4n) is 5.50. The summed E-state index contributed by atoms with van der Waals surface area (Å²) in [5.74, 6) is 6.37. The monoisotopic (exact) mass is 458 g/mol. The molecule has 0 aromatic heterocycles. The molecule has 0 radical (unpaired) electrons. The van der Waals surface area contributed by atoms with Gasteiger partial charge in [0.2, 0.25) is 11.8 Å². The van der Waals surface area contributed by atoms with E-state index in [1.54, 1.807) is 9.80 Å². The summed E-state index contributed by atoms with van der Waals surface area (Å²) >= 11 is 0. The summed E-state index contributed by atoms with van der Waals surface area (Å²) in [7, 11) is 0. The lowest BCUT2D eigenvalue weighted by atomic mass is 9.73. The molecular weight excluding hydrogens is 428 g/mol. The molecule has 3 aliphatic rings. The molecule has 176 valence electrons. The molecule has 6 heteroatoms. The maximum Gasteiger partial charge on any atom is 0.242 e. The van der Waals surface area contributed by atoms with Crippen LogP contribution in [-0.2, 0) is 20.7 Å². The standard InChI is InChI=1S/C28H30N2O4/c31-19-25-27(22-11-9-21(10-12-22)8-4-7-20-5-2-1-3-6-20)24-17-29(18-26(32)30(24)25)28(33)23-13-15-34-16-14-23/h1-3,5-6,9-12,23-25,27,31H,7,13-19H2/t24-,25+,27+/m0/s1. The second kappa shape index (κ2) is 10.0. The van der Waals surface area contributed by atoms with Crippen molar-refractivity contribution in [1.29, 1.82) is 0 Å². The molecule has 0 unspecified atom stereocenters. The van der Waals surface area contributed by atoms with Crippen molar-refractivity contribution in [1.82, 2.24) is 9.80 Å². The molecule has 0 aliphatic carbocycles. The first-order chi connectivity index (χ1) is 16.7. The van der Waals surface area contributed by atoms with Crippen molar-refractivity contribution in [2.24, 2.45) is 5.92 Å². The van der Waals surface area contributed by atoms with Gasteiger partial charge in [-0.1, -0.05) is 54.3 Å². The normalized spacial score (nSPS) is 24.6. The van der Waals surface area contributed by atoms with Gasteiger partial charge in [0.05, 0.1) is 25.2 Å². The molecule has 0 bridgehead atoms. The van der Waals surface area contributed by atoms with E-state index in [-0.39, 0.29) is 48.9 Å². The van der Waals surface area contributed by atoms with E-state index in [9.17, 15) is 14.7 Å². The second-order valence-electron chi connectivity index (χ2n) is 9.34. The molecule has 0 spiro atoms. The lowest BCUT2D eigenvalue weighted by molar-refractivity contribution is -0.169. The zero-order valence-electron chi connectivity index (χ0n) is 19.2. The van der Waals surface area contributed by atoms with Crippen molar-refractivity contribution < 1.29 is 19.4 Å². The number of ether oxygens (including phenoxy) is 1. The minimum Gasteiger partial charge on any atom is -0.394 e. The van der Waals surface area contributed by atoms with Crippen molar-refractivity contribution in [3.05, 3.63) is 71.3 Å². The van der Waals surface area contributed by atoms with Crippen molar-refractivity contribution >= 4 is 11.8 Å². The lowest BCUT2D eigenvalue weighted by Crippen LogP contribution is -2.73. The van der Waals surface area contributed by atoms with Crippen molar-refractivity contribution in [2.75, 3.05) is 32.9 Å². The van der Waals surface area contributed by atoms with E-state index in [0.717, 1.165) is 11.1 Å². The van der Waals surface area contributed by atoms with Crippen LogP contribution in [0.3, 0.4) is 0 Å². The minimum absolute atomic E-state index is 0.00515. The molecule has 3 saturated heterocycles. The van der Waals surface area contributed by atoms with Gasteiger partial charge in [0.15, 0.2) is 0 Å². The Morgan fingerprint density at radius 2 is 1.79 bits per heavy atom. The van der Waals surface area contributed by atoms with Crippen LogP contribution in [0.25, 0.3) is 0 Å². The first kappa shape index (κ1) is 22.6. The van der Waals surface area contributed by atoms with Crippen LogP contribution in [0, 0.1) is 17.8 Å². The number of carbonyl (C=O) groups excluding carboxylic acids is 2. The van der Waals surface area contributed by atoms with Crippen LogP contribution in [-0.4, -0.2) is 71.7 Å².